The fraction of sp³-hybridized carbons (Fsp3) is 0.188. The topological polar surface area (TPSA) is 75.3 Å². The van der Waals surface area contributed by atoms with Crippen LogP contribution in [0.15, 0.2) is 59.5 Å². The van der Waals surface area contributed by atoms with Crippen molar-refractivity contribution in [1.29, 1.82) is 0 Å². The molecule has 1 amide bonds. The highest BCUT2D eigenvalue weighted by molar-refractivity contribution is 7.89. The Morgan fingerprint density at radius 3 is 2.35 bits per heavy atom. The van der Waals surface area contributed by atoms with E-state index in [2.05, 4.69) is 10.0 Å². The predicted octanol–water partition coefficient (Wildman–Crippen LogP) is 2.32. The zero-order chi connectivity index (χ0) is 16.9. The highest BCUT2D eigenvalue weighted by atomic mass is 35.5. The Balaban J connectivity index is 1.97. The standard InChI is InChI=1S/C16H17ClN2O3S/c1-12(19-23(21,22)14-8-3-2-4-9-14)16(20)18-11-13-7-5-6-10-15(13)17/h2-10,12,19H,11H2,1H3,(H,18,20)/t12-/m0/s1. The minimum absolute atomic E-state index is 0.116. The van der Waals surface area contributed by atoms with E-state index in [9.17, 15) is 13.2 Å². The van der Waals surface area contributed by atoms with Gasteiger partial charge in [0.1, 0.15) is 0 Å². The van der Waals surface area contributed by atoms with Gasteiger partial charge in [-0.1, -0.05) is 48.0 Å². The van der Waals surface area contributed by atoms with Crippen LogP contribution in [0.5, 0.6) is 0 Å². The van der Waals surface area contributed by atoms with Crippen LogP contribution in [0.3, 0.4) is 0 Å². The number of halogens is 1. The van der Waals surface area contributed by atoms with E-state index in [0.29, 0.717) is 5.02 Å². The first-order valence-corrected chi connectivity index (χ1v) is 8.85. The quantitative estimate of drug-likeness (QED) is 0.837. The zero-order valence-corrected chi connectivity index (χ0v) is 14.1. The van der Waals surface area contributed by atoms with Crippen LogP contribution in [0, 0.1) is 0 Å². The maximum absolute atomic E-state index is 12.2. The highest BCUT2D eigenvalue weighted by Gasteiger charge is 2.21. The van der Waals surface area contributed by atoms with Crippen LogP contribution in [0.4, 0.5) is 0 Å². The van der Waals surface area contributed by atoms with E-state index in [1.54, 1.807) is 36.4 Å². The summed E-state index contributed by atoms with van der Waals surface area (Å²) in [6, 6.07) is 14.1. The van der Waals surface area contributed by atoms with E-state index < -0.39 is 22.0 Å². The fourth-order valence-electron chi connectivity index (χ4n) is 1.93. The molecule has 2 aromatic rings. The maximum Gasteiger partial charge on any atom is 0.241 e. The fourth-order valence-corrected chi connectivity index (χ4v) is 3.36. The van der Waals surface area contributed by atoms with E-state index in [-0.39, 0.29) is 11.4 Å². The molecule has 0 aliphatic carbocycles. The average Bonchev–Trinajstić information content (AvgIpc) is 2.54. The summed E-state index contributed by atoms with van der Waals surface area (Å²) in [4.78, 5) is 12.2. The summed E-state index contributed by atoms with van der Waals surface area (Å²) in [5.41, 5.74) is 0.764. The van der Waals surface area contributed by atoms with E-state index in [0.717, 1.165) is 5.56 Å². The van der Waals surface area contributed by atoms with Crippen molar-refractivity contribution < 1.29 is 13.2 Å². The van der Waals surface area contributed by atoms with Crippen molar-refractivity contribution in [3.8, 4) is 0 Å². The van der Waals surface area contributed by atoms with Crippen molar-refractivity contribution in [2.45, 2.75) is 24.4 Å². The lowest BCUT2D eigenvalue weighted by molar-refractivity contribution is -0.122. The van der Waals surface area contributed by atoms with Gasteiger partial charge in [-0.25, -0.2) is 8.42 Å². The first-order chi connectivity index (χ1) is 10.9. The molecule has 122 valence electrons. The van der Waals surface area contributed by atoms with Gasteiger partial charge >= 0.3 is 0 Å². The molecule has 0 aliphatic heterocycles. The van der Waals surface area contributed by atoms with Crippen molar-refractivity contribution >= 4 is 27.5 Å². The summed E-state index contributed by atoms with van der Waals surface area (Å²) >= 11 is 6.01. The van der Waals surface area contributed by atoms with E-state index in [1.165, 1.54) is 19.1 Å². The molecule has 7 heteroatoms. The van der Waals surface area contributed by atoms with E-state index >= 15 is 0 Å². The predicted molar refractivity (Wildman–Crippen MR) is 89.5 cm³/mol. The van der Waals surface area contributed by atoms with Crippen LogP contribution < -0.4 is 10.0 Å². The summed E-state index contributed by atoms with van der Waals surface area (Å²) in [6.45, 7) is 1.72. The van der Waals surface area contributed by atoms with Gasteiger partial charge < -0.3 is 5.32 Å². The van der Waals surface area contributed by atoms with Gasteiger partial charge in [-0.2, -0.15) is 4.72 Å². The van der Waals surface area contributed by atoms with Crippen LogP contribution in [0.1, 0.15) is 12.5 Å². The number of rotatable bonds is 6. The highest BCUT2D eigenvalue weighted by Crippen LogP contribution is 2.14. The van der Waals surface area contributed by atoms with Crippen molar-refractivity contribution in [2.75, 3.05) is 0 Å². The molecule has 0 saturated heterocycles. The molecule has 0 saturated carbocycles. The van der Waals surface area contributed by atoms with E-state index in [4.69, 9.17) is 11.6 Å². The molecule has 23 heavy (non-hydrogen) atoms. The number of carbonyl (C=O) groups excluding carboxylic acids is 1. The molecule has 2 aromatic carbocycles. The Hall–Kier alpha value is -1.89. The minimum Gasteiger partial charge on any atom is -0.351 e. The van der Waals surface area contributed by atoms with Crippen molar-refractivity contribution in [3.05, 3.63) is 65.2 Å². The summed E-state index contributed by atoms with van der Waals surface area (Å²) < 4.78 is 26.7. The van der Waals surface area contributed by atoms with Crippen molar-refractivity contribution in [2.24, 2.45) is 0 Å². The van der Waals surface area contributed by atoms with Gasteiger partial charge in [-0.15, -0.1) is 0 Å². The molecule has 0 aromatic heterocycles. The largest absolute Gasteiger partial charge is 0.351 e. The normalized spacial score (nSPS) is 12.6. The lowest BCUT2D eigenvalue weighted by atomic mass is 10.2. The third-order valence-corrected chi connectivity index (χ3v) is 5.11. The van der Waals surface area contributed by atoms with Crippen LogP contribution in [0.2, 0.25) is 5.02 Å². The second-order valence-corrected chi connectivity index (χ2v) is 7.09. The van der Waals surface area contributed by atoms with Gasteiger partial charge in [0.2, 0.25) is 15.9 Å². The Morgan fingerprint density at radius 1 is 1.09 bits per heavy atom. The maximum atomic E-state index is 12.2. The number of hydrogen-bond donors (Lipinski definition) is 2. The molecule has 2 rings (SSSR count). The lowest BCUT2D eigenvalue weighted by Crippen LogP contribution is -2.44. The number of benzene rings is 2. The molecule has 0 aliphatic rings. The lowest BCUT2D eigenvalue weighted by Gasteiger charge is -2.15. The monoisotopic (exact) mass is 352 g/mol. The summed E-state index contributed by atoms with van der Waals surface area (Å²) in [5.74, 6) is -0.426. The molecule has 0 heterocycles. The summed E-state index contributed by atoms with van der Waals surface area (Å²) in [7, 11) is -3.73. The molecule has 0 radical (unpaired) electrons. The zero-order valence-electron chi connectivity index (χ0n) is 12.5. The number of sulfonamides is 1. The smallest absolute Gasteiger partial charge is 0.241 e. The molecular weight excluding hydrogens is 336 g/mol. The SMILES string of the molecule is C[C@H](NS(=O)(=O)c1ccccc1)C(=O)NCc1ccccc1Cl. The Bertz CT molecular complexity index is 779. The van der Waals surface area contributed by atoms with Gasteiger partial charge in [0.15, 0.2) is 0 Å². The minimum atomic E-state index is -3.73. The summed E-state index contributed by atoms with van der Waals surface area (Å²) in [5, 5.41) is 3.21. The number of amides is 1. The first kappa shape index (κ1) is 17.5. The van der Waals surface area contributed by atoms with Crippen LogP contribution in [-0.2, 0) is 21.4 Å². The third-order valence-electron chi connectivity index (χ3n) is 3.19. The second kappa shape index (κ2) is 7.59. The van der Waals surface area contributed by atoms with Crippen LogP contribution >= 0.6 is 11.6 Å². The molecule has 0 spiro atoms. The number of carbonyl (C=O) groups is 1. The van der Waals surface area contributed by atoms with Crippen LogP contribution in [-0.4, -0.2) is 20.4 Å². The molecular formula is C16H17ClN2O3S. The Morgan fingerprint density at radius 2 is 1.70 bits per heavy atom. The van der Waals surface area contributed by atoms with Crippen LogP contribution in [0.25, 0.3) is 0 Å². The molecule has 0 fully saturated rings. The molecule has 0 bridgehead atoms. The Kier molecular flexibility index (Phi) is 5.76. The number of nitrogens with one attached hydrogen (secondary N) is 2. The van der Waals surface area contributed by atoms with Crippen molar-refractivity contribution in [1.82, 2.24) is 10.0 Å². The average molecular weight is 353 g/mol. The molecule has 5 nitrogen and oxygen atoms in total. The van der Waals surface area contributed by atoms with Gasteiger partial charge in [0.05, 0.1) is 10.9 Å². The number of hydrogen-bond acceptors (Lipinski definition) is 3. The molecule has 2 N–H and O–H groups in total. The van der Waals surface area contributed by atoms with Crippen molar-refractivity contribution in [3.63, 3.8) is 0 Å². The molecule has 1 atom stereocenters. The summed E-state index contributed by atoms with van der Waals surface area (Å²) in [6.07, 6.45) is 0. The first-order valence-electron chi connectivity index (χ1n) is 6.98. The van der Waals surface area contributed by atoms with E-state index in [1.807, 2.05) is 6.07 Å². The Labute approximate surface area is 140 Å². The van der Waals surface area contributed by atoms with Gasteiger partial charge in [-0.05, 0) is 30.7 Å². The molecule has 0 unspecified atom stereocenters. The third kappa shape index (κ3) is 4.79. The van der Waals surface area contributed by atoms with Gasteiger partial charge in [0.25, 0.3) is 0 Å². The second-order valence-electron chi connectivity index (χ2n) is 4.97. The van der Waals surface area contributed by atoms with Gasteiger partial charge in [0, 0.05) is 11.6 Å². The van der Waals surface area contributed by atoms with Gasteiger partial charge in [-0.3, -0.25) is 4.79 Å².